The molecule has 0 aromatic heterocycles. The Bertz CT molecular complexity index is 540. The van der Waals surface area contributed by atoms with Gasteiger partial charge in [0, 0.05) is 24.7 Å². The summed E-state index contributed by atoms with van der Waals surface area (Å²) in [7, 11) is -1.76. The van der Waals surface area contributed by atoms with Crippen LogP contribution in [0.1, 0.15) is 32.8 Å². The number of nitro benzene ring substituents is 1. The molecule has 1 rings (SSSR count). The van der Waals surface area contributed by atoms with Gasteiger partial charge in [-0.1, -0.05) is 20.8 Å². The topological polar surface area (TPSA) is 81.8 Å². The first-order valence-electron chi connectivity index (χ1n) is 7.73. The molecule has 1 aromatic rings. The summed E-state index contributed by atoms with van der Waals surface area (Å²) < 4.78 is 11.6. The second kappa shape index (κ2) is 7.90. The molecule has 130 valence electrons. The summed E-state index contributed by atoms with van der Waals surface area (Å²) in [5.74, 6) is 0.356. The lowest BCUT2D eigenvalue weighted by molar-refractivity contribution is -0.385. The summed E-state index contributed by atoms with van der Waals surface area (Å²) in [5.41, 5.74) is 0.496. The fraction of sp³-hybridized carbons (Fsp3) is 0.625. The highest BCUT2D eigenvalue weighted by Gasteiger charge is 2.36. The molecule has 0 spiro atoms. The van der Waals surface area contributed by atoms with Crippen LogP contribution in [0.15, 0.2) is 18.2 Å². The minimum Gasteiger partial charge on any atom is -0.493 e. The van der Waals surface area contributed by atoms with E-state index in [4.69, 9.17) is 9.16 Å². The molecule has 0 aliphatic heterocycles. The average Bonchev–Trinajstić information content (AvgIpc) is 2.45. The molecule has 7 heteroatoms. The second-order valence-electron chi connectivity index (χ2n) is 7.02. The molecular weight excluding hydrogens is 314 g/mol. The Hall–Kier alpha value is -1.44. The van der Waals surface area contributed by atoms with Gasteiger partial charge in [0.15, 0.2) is 8.32 Å². The molecule has 6 nitrogen and oxygen atoms in total. The van der Waals surface area contributed by atoms with Gasteiger partial charge in [-0.3, -0.25) is 10.1 Å². The monoisotopic (exact) mass is 341 g/mol. The van der Waals surface area contributed by atoms with Crippen molar-refractivity contribution >= 4 is 14.0 Å². The summed E-state index contributed by atoms with van der Waals surface area (Å²) in [4.78, 5) is 10.3. The van der Waals surface area contributed by atoms with E-state index in [0.29, 0.717) is 30.9 Å². The van der Waals surface area contributed by atoms with Crippen LogP contribution in [0, 0.1) is 10.1 Å². The Kier molecular flexibility index (Phi) is 6.73. The highest BCUT2D eigenvalue weighted by atomic mass is 28.4. The minimum atomic E-state index is -1.76. The summed E-state index contributed by atoms with van der Waals surface area (Å²) in [6, 6.07) is 4.22. The van der Waals surface area contributed by atoms with Crippen molar-refractivity contribution < 1.29 is 19.2 Å². The number of aliphatic hydroxyl groups is 1. The van der Waals surface area contributed by atoms with E-state index in [9.17, 15) is 15.2 Å². The number of aliphatic hydroxyl groups excluding tert-OH is 1. The zero-order valence-electron chi connectivity index (χ0n) is 14.6. The number of rotatable bonds is 8. The third-order valence-corrected chi connectivity index (χ3v) is 8.79. The van der Waals surface area contributed by atoms with Gasteiger partial charge in [0.2, 0.25) is 0 Å². The Balaban J connectivity index is 2.53. The zero-order chi connectivity index (χ0) is 17.7. The summed E-state index contributed by atoms with van der Waals surface area (Å²) in [6.07, 6.45) is 0.695. The van der Waals surface area contributed by atoms with Gasteiger partial charge >= 0.3 is 0 Å². The first kappa shape index (κ1) is 19.6. The lowest BCUT2D eigenvalue weighted by atomic mass is 10.2. The van der Waals surface area contributed by atoms with Crippen molar-refractivity contribution in [1.29, 1.82) is 0 Å². The van der Waals surface area contributed by atoms with E-state index >= 15 is 0 Å². The van der Waals surface area contributed by atoms with Crippen molar-refractivity contribution in [3.63, 3.8) is 0 Å². The summed E-state index contributed by atoms with van der Waals surface area (Å²) >= 11 is 0. The summed E-state index contributed by atoms with van der Waals surface area (Å²) in [6.45, 7) is 11.7. The van der Waals surface area contributed by atoms with Gasteiger partial charge in [-0.2, -0.15) is 0 Å². The lowest BCUT2D eigenvalue weighted by Crippen LogP contribution is -2.41. The maximum atomic E-state index is 10.8. The highest BCUT2D eigenvalue weighted by Crippen LogP contribution is 2.36. The third-order valence-electron chi connectivity index (χ3n) is 4.25. The van der Waals surface area contributed by atoms with Crippen LogP contribution in [0.4, 0.5) is 5.69 Å². The molecule has 0 aliphatic rings. The van der Waals surface area contributed by atoms with Crippen molar-refractivity contribution in [1.82, 2.24) is 0 Å². The standard InChI is InChI=1S/C16H27NO5Si/c1-16(2,3)23(4,5)22-10-6-9-21-15-11-14(17(19)20)8-7-13(15)12-18/h7-8,11,18H,6,9-10,12H2,1-5H3. The van der Waals surface area contributed by atoms with E-state index in [1.807, 2.05) is 0 Å². The number of ether oxygens (including phenoxy) is 1. The van der Waals surface area contributed by atoms with Gasteiger partial charge in [0.05, 0.1) is 24.2 Å². The van der Waals surface area contributed by atoms with Crippen LogP contribution in [0.3, 0.4) is 0 Å². The van der Waals surface area contributed by atoms with E-state index in [1.54, 1.807) is 0 Å². The Morgan fingerprint density at radius 3 is 2.43 bits per heavy atom. The number of nitrogens with zero attached hydrogens (tertiary/aromatic N) is 1. The van der Waals surface area contributed by atoms with Crippen LogP contribution >= 0.6 is 0 Å². The molecule has 0 saturated carbocycles. The molecule has 0 fully saturated rings. The Morgan fingerprint density at radius 1 is 1.26 bits per heavy atom. The van der Waals surface area contributed by atoms with Gasteiger partial charge in [0.1, 0.15) is 5.75 Å². The highest BCUT2D eigenvalue weighted by molar-refractivity contribution is 6.74. The van der Waals surface area contributed by atoms with Crippen LogP contribution < -0.4 is 4.74 Å². The fourth-order valence-corrected chi connectivity index (χ4v) is 2.79. The normalized spacial score (nSPS) is 12.3. The summed E-state index contributed by atoms with van der Waals surface area (Å²) in [5, 5.41) is 20.2. The molecule has 0 atom stereocenters. The molecule has 1 aromatic carbocycles. The van der Waals surface area contributed by atoms with Crippen molar-refractivity contribution in [2.24, 2.45) is 0 Å². The molecule has 23 heavy (non-hydrogen) atoms. The third kappa shape index (κ3) is 5.60. The zero-order valence-corrected chi connectivity index (χ0v) is 15.6. The number of hydrogen-bond donors (Lipinski definition) is 1. The molecule has 1 N–H and O–H groups in total. The van der Waals surface area contributed by atoms with Crippen LogP contribution in [-0.2, 0) is 11.0 Å². The van der Waals surface area contributed by atoms with Gasteiger partial charge in [-0.05, 0) is 24.2 Å². The predicted molar refractivity (Wildman–Crippen MR) is 92.3 cm³/mol. The molecule has 0 radical (unpaired) electrons. The van der Waals surface area contributed by atoms with E-state index in [0.717, 1.165) is 0 Å². The van der Waals surface area contributed by atoms with Crippen LogP contribution in [0.5, 0.6) is 5.75 Å². The molecule has 0 heterocycles. The second-order valence-corrected chi connectivity index (χ2v) is 11.8. The van der Waals surface area contributed by atoms with Crippen molar-refractivity contribution in [3.8, 4) is 5.75 Å². The fourth-order valence-electron chi connectivity index (χ4n) is 1.71. The maximum absolute atomic E-state index is 10.8. The number of benzene rings is 1. The van der Waals surface area contributed by atoms with Gasteiger partial charge in [0.25, 0.3) is 5.69 Å². The maximum Gasteiger partial charge on any atom is 0.273 e. The van der Waals surface area contributed by atoms with Gasteiger partial charge in [-0.15, -0.1) is 0 Å². The van der Waals surface area contributed by atoms with Crippen LogP contribution in [0.25, 0.3) is 0 Å². The van der Waals surface area contributed by atoms with E-state index in [2.05, 4.69) is 33.9 Å². The molecule has 0 saturated heterocycles. The van der Waals surface area contributed by atoms with Crippen LogP contribution in [-0.4, -0.2) is 31.6 Å². The van der Waals surface area contributed by atoms with Crippen molar-refractivity contribution in [3.05, 3.63) is 33.9 Å². The number of hydrogen-bond acceptors (Lipinski definition) is 5. The smallest absolute Gasteiger partial charge is 0.273 e. The van der Waals surface area contributed by atoms with Crippen molar-refractivity contribution in [2.45, 2.75) is 51.9 Å². The van der Waals surface area contributed by atoms with E-state index in [-0.39, 0.29) is 17.3 Å². The quantitative estimate of drug-likeness (QED) is 0.336. The molecule has 0 bridgehead atoms. The minimum absolute atomic E-state index is 0.0466. The van der Waals surface area contributed by atoms with Crippen molar-refractivity contribution in [2.75, 3.05) is 13.2 Å². The van der Waals surface area contributed by atoms with E-state index < -0.39 is 13.2 Å². The van der Waals surface area contributed by atoms with Crippen LogP contribution in [0.2, 0.25) is 18.1 Å². The first-order valence-corrected chi connectivity index (χ1v) is 10.6. The Labute approximate surface area is 138 Å². The Morgan fingerprint density at radius 2 is 1.91 bits per heavy atom. The van der Waals surface area contributed by atoms with E-state index in [1.165, 1.54) is 18.2 Å². The molecule has 0 amide bonds. The average molecular weight is 341 g/mol. The van der Waals surface area contributed by atoms with Gasteiger partial charge in [-0.25, -0.2) is 0 Å². The number of nitro groups is 1. The first-order chi connectivity index (χ1) is 10.6. The molecule has 0 unspecified atom stereocenters. The predicted octanol–water partition coefficient (Wildman–Crippen LogP) is 3.88. The molecular formula is C16H27NO5Si. The number of non-ortho nitro benzene ring substituents is 1. The van der Waals surface area contributed by atoms with Gasteiger partial charge < -0.3 is 14.3 Å². The SMILES string of the molecule is CC(C)(C)[Si](C)(C)OCCCOc1cc([N+](=O)[O-])ccc1CO. The lowest BCUT2D eigenvalue weighted by Gasteiger charge is -2.36. The molecule has 0 aliphatic carbocycles. The largest absolute Gasteiger partial charge is 0.493 e.